The molecule has 2 aliphatic heterocycles. The van der Waals surface area contributed by atoms with E-state index in [1.54, 1.807) is 12.1 Å². The highest BCUT2D eigenvalue weighted by Crippen LogP contribution is 2.36. The topological polar surface area (TPSA) is 38.8 Å². The SMILES string of the molecule is C[C@@H]1CN(CC(=O)N2C[C@H](c3ccc(Cl)c(Cl)c3)[C@@H](N(C)Cc3ccc(C(F)(F)F)c(F)c3)C2)CCN1. The van der Waals surface area contributed by atoms with Gasteiger partial charge in [0.05, 0.1) is 22.2 Å². The van der Waals surface area contributed by atoms with Crippen molar-refractivity contribution in [3.63, 3.8) is 0 Å². The highest BCUT2D eigenvalue weighted by molar-refractivity contribution is 6.42. The van der Waals surface area contributed by atoms with E-state index in [2.05, 4.69) is 17.1 Å². The Morgan fingerprint density at radius 2 is 1.86 bits per heavy atom. The lowest BCUT2D eigenvalue weighted by molar-refractivity contribution is -0.140. The molecule has 3 atom stereocenters. The Kier molecular flexibility index (Phi) is 8.70. The first kappa shape index (κ1) is 28.1. The van der Waals surface area contributed by atoms with Crippen LogP contribution in [0.5, 0.6) is 0 Å². The van der Waals surface area contributed by atoms with Crippen molar-refractivity contribution in [3.8, 4) is 0 Å². The summed E-state index contributed by atoms with van der Waals surface area (Å²) in [7, 11) is 1.83. The molecule has 2 aromatic carbocycles. The fraction of sp³-hybridized carbons (Fsp3) is 0.500. The normalized spacial score (nSPS) is 23.2. The number of hydrogen-bond donors (Lipinski definition) is 1. The Morgan fingerprint density at radius 1 is 1.11 bits per heavy atom. The molecule has 2 saturated heterocycles. The molecule has 2 aliphatic rings. The van der Waals surface area contributed by atoms with Gasteiger partial charge in [-0.15, -0.1) is 0 Å². The quantitative estimate of drug-likeness (QED) is 0.511. The minimum Gasteiger partial charge on any atom is -0.339 e. The summed E-state index contributed by atoms with van der Waals surface area (Å²) in [4.78, 5) is 19.2. The van der Waals surface area contributed by atoms with E-state index in [9.17, 15) is 22.4 Å². The van der Waals surface area contributed by atoms with E-state index in [0.29, 0.717) is 41.3 Å². The van der Waals surface area contributed by atoms with Gasteiger partial charge in [-0.25, -0.2) is 4.39 Å². The van der Waals surface area contributed by atoms with E-state index in [4.69, 9.17) is 23.2 Å². The predicted octanol–water partition coefficient (Wildman–Crippen LogP) is 4.87. The van der Waals surface area contributed by atoms with Gasteiger partial charge in [-0.2, -0.15) is 13.2 Å². The monoisotopic (exact) mass is 560 g/mol. The van der Waals surface area contributed by atoms with Gasteiger partial charge in [0, 0.05) is 57.3 Å². The van der Waals surface area contributed by atoms with Gasteiger partial charge in [-0.3, -0.25) is 14.6 Å². The van der Waals surface area contributed by atoms with Gasteiger partial charge in [0.1, 0.15) is 5.82 Å². The van der Waals surface area contributed by atoms with E-state index in [0.717, 1.165) is 37.3 Å². The number of likely N-dealkylation sites (N-methyl/N-ethyl adjacent to an activating group) is 1. The van der Waals surface area contributed by atoms with Crippen molar-refractivity contribution >= 4 is 29.1 Å². The van der Waals surface area contributed by atoms with Crippen LogP contribution in [-0.4, -0.2) is 79.0 Å². The molecule has 0 unspecified atom stereocenters. The summed E-state index contributed by atoms with van der Waals surface area (Å²) < 4.78 is 53.1. The van der Waals surface area contributed by atoms with Crippen LogP contribution >= 0.6 is 23.2 Å². The van der Waals surface area contributed by atoms with Gasteiger partial charge in [-0.05, 0) is 49.4 Å². The summed E-state index contributed by atoms with van der Waals surface area (Å²) in [6, 6.07) is 8.53. The molecule has 2 aromatic rings. The Hall–Kier alpha value is -1.91. The number of carbonyl (C=O) groups is 1. The van der Waals surface area contributed by atoms with Gasteiger partial charge in [0.25, 0.3) is 0 Å². The molecule has 0 bridgehead atoms. The first-order chi connectivity index (χ1) is 17.4. The first-order valence-electron chi connectivity index (χ1n) is 12.2. The number of nitrogens with zero attached hydrogens (tertiary/aromatic N) is 3. The number of likely N-dealkylation sites (tertiary alicyclic amines) is 1. The second-order valence-electron chi connectivity index (χ2n) is 9.96. The van der Waals surface area contributed by atoms with Crippen molar-refractivity contribution < 1.29 is 22.4 Å². The van der Waals surface area contributed by atoms with Gasteiger partial charge in [-0.1, -0.05) is 35.3 Å². The van der Waals surface area contributed by atoms with Crippen LogP contribution in [0.4, 0.5) is 17.6 Å². The van der Waals surface area contributed by atoms with Crippen LogP contribution in [0, 0.1) is 5.82 Å². The molecule has 1 amide bonds. The molecule has 2 fully saturated rings. The average molecular weight is 561 g/mol. The molecule has 5 nitrogen and oxygen atoms in total. The van der Waals surface area contributed by atoms with E-state index in [1.165, 1.54) is 6.07 Å². The Morgan fingerprint density at radius 3 is 2.51 bits per heavy atom. The average Bonchev–Trinajstić information content (AvgIpc) is 3.26. The van der Waals surface area contributed by atoms with Gasteiger partial charge in [0.2, 0.25) is 5.91 Å². The van der Waals surface area contributed by atoms with Crippen molar-refractivity contribution in [2.45, 2.75) is 37.6 Å². The molecular weight excluding hydrogens is 531 g/mol. The molecule has 0 aromatic heterocycles. The molecule has 0 spiro atoms. The molecule has 37 heavy (non-hydrogen) atoms. The first-order valence-corrected chi connectivity index (χ1v) is 12.9. The number of halogens is 6. The van der Waals surface area contributed by atoms with Crippen molar-refractivity contribution in [3.05, 3.63) is 69.0 Å². The molecule has 2 heterocycles. The van der Waals surface area contributed by atoms with Crippen LogP contribution in [0.1, 0.15) is 29.5 Å². The van der Waals surface area contributed by atoms with E-state index in [1.807, 2.05) is 22.9 Å². The standard InChI is InChI=1S/C26H30Cl2F4N4O/c1-16-11-35(8-7-33-16)15-25(37)36-13-19(18-4-6-21(27)22(28)10-18)24(14-36)34(2)12-17-3-5-20(23(29)9-17)26(30,31)32/h3-6,9-10,16,19,24,33H,7-8,11-15H2,1-2H3/t16-,19-,24+/m1/s1. The van der Waals surface area contributed by atoms with Crippen molar-refractivity contribution in [2.24, 2.45) is 0 Å². The molecule has 0 aliphatic carbocycles. The maximum atomic E-state index is 14.2. The number of amides is 1. The maximum Gasteiger partial charge on any atom is 0.419 e. The largest absolute Gasteiger partial charge is 0.419 e. The smallest absolute Gasteiger partial charge is 0.339 e. The fourth-order valence-electron chi connectivity index (χ4n) is 5.25. The van der Waals surface area contributed by atoms with E-state index >= 15 is 0 Å². The lowest BCUT2D eigenvalue weighted by Gasteiger charge is -2.32. The molecule has 11 heteroatoms. The van der Waals surface area contributed by atoms with Crippen molar-refractivity contribution in [1.82, 2.24) is 20.0 Å². The minimum atomic E-state index is -4.75. The molecule has 0 radical (unpaired) electrons. The Bertz CT molecular complexity index is 1130. The summed E-state index contributed by atoms with van der Waals surface area (Å²) >= 11 is 12.4. The number of carbonyl (C=O) groups excluding carboxylic acids is 1. The molecule has 202 valence electrons. The molecule has 0 saturated carbocycles. The highest BCUT2D eigenvalue weighted by Gasteiger charge is 2.39. The molecular formula is C26H30Cl2F4N4O. The molecule has 4 rings (SSSR count). The minimum absolute atomic E-state index is 0.0237. The zero-order valence-electron chi connectivity index (χ0n) is 20.7. The third-order valence-corrected chi connectivity index (χ3v) is 7.90. The fourth-order valence-corrected chi connectivity index (χ4v) is 5.55. The van der Waals surface area contributed by atoms with Gasteiger partial charge >= 0.3 is 6.18 Å². The van der Waals surface area contributed by atoms with Crippen LogP contribution in [0.25, 0.3) is 0 Å². The second kappa shape index (κ2) is 11.5. The summed E-state index contributed by atoms with van der Waals surface area (Å²) in [5.74, 6) is -1.38. The maximum absolute atomic E-state index is 14.2. The zero-order valence-corrected chi connectivity index (χ0v) is 22.2. The highest BCUT2D eigenvalue weighted by atomic mass is 35.5. The van der Waals surface area contributed by atoms with Crippen LogP contribution in [0.15, 0.2) is 36.4 Å². The number of alkyl halides is 3. The van der Waals surface area contributed by atoms with Crippen molar-refractivity contribution in [2.75, 3.05) is 46.3 Å². The number of nitrogens with one attached hydrogen (secondary N) is 1. The number of piperazine rings is 1. The van der Waals surface area contributed by atoms with Crippen molar-refractivity contribution in [1.29, 1.82) is 0 Å². The number of benzene rings is 2. The summed E-state index contributed by atoms with van der Waals surface area (Å²) in [5, 5.41) is 4.20. The van der Waals surface area contributed by atoms with E-state index in [-0.39, 0.29) is 24.4 Å². The third-order valence-electron chi connectivity index (χ3n) is 7.16. The summed E-state index contributed by atoms with van der Waals surface area (Å²) in [5.41, 5.74) is 0.0452. The zero-order chi connectivity index (χ0) is 26.9. The second-order valence-corrected chi connectivity index (χ2v) is 10.8. The molecule has 1 N–H and O–H groups in total. The summed E-state index contributed by atoms with van der Waals surface area (Å²) in [6.07, 6.45) is -4.75. The summed E-state index contributed by atoms with van der Waals surface area (Å²) in [6.45, 7) is 5.94. The van der Waals surface area contributed by atoms with Crippen LogP contribution < -0.4 is 5.32 Å². The van der Waals surface area contributed by atoms with Gasteiger partial charge < -0.3 is 10.2 Å². The lowest BCUT2D eigenvalue weighted by Crippen LogP contribution is -2.52. The lowest BCUT2D eigenvalue weighted by atomic mass is 9.93. The van der Waals surface area contributed by atoms with Crippen LogP contribution in [-0.2, 0) is 17.5 Å². The van der Waals surface area contributed by atoms with Crippen LogP contribution in [0.2, 0.25) is 10.0 Å². The third kappa shape index (κ3) is 6.75. The number of hydrogen-bond acceptors (Lipinski definition) is 4. The van der Waals surface area contributed by atoms with Crippen LogP contribution in [0.3, 0.4) is 0 Å². The Balaban J connectivity index is 1.53. The predicted molar refractivity (Wildman–Crippen MR) is 136 cm³/mol. The number of rotatable bonds is 6. The Labute approximate surface area is 224 Å². The van der Waals surface area contributed by atoms with Gasteiger partial charge in [0.15, 0.2) is 0 Å². The van der Waals surface area contributed by atoms with E-state index < -0.39 is 17.6 Å².